The minimum atomic E-state index is -0.843. The Morgan fingerprint density at radius 2 is 1.92 bits per heavy atom. The van der Waals surface area contributed by atoms with Crippen LogP contribution in [-0.2, 0) is 7.05 Å². The average Bonchev–Trinajstić information content (AvgIpc) is 2.64. The standard InChI is InChI=1S/C17H15N5O3/c1-22-16(12-4-3-9-19-21-12)20-14(13(15(18)23)17(22)24)10-5-7-11(25-2)8-6-10/h3-9H,1-2H3,(H2,18,23). The molecule has 3 aromatic rings. The molecule has 0 fully saturated rings. The molecule has 0 saturated heterocycles. The number of nitrogens with zero attached hydrogens (tertiary/aromatic N) is 4. The van der Waals surface area contributed by atoms with Crippen molar-refractivity contribution >= 4 is 5.91 Å². The van der Waals surface area contributed by atoms with E-state index in [2.05, 4.69) is 15.2 Å². The molecule has 0 aliphatic heterocycles. The second kappa shape index (κ2) is 6.52. The summed E-state index contributed by atoms with van der Waals surface area (Å²) in [6.07, 6.45) is 1.52. The first-order valence-corrected chi connectivity index (χ1v) is 7.36. The summed E-state index contributed by atoms with van der Waals surface area (Å²) in [4.78, 5) is 29.0. The maximum absolute atomic E-state index is 12.7. The zero-order valence-electron chi connectivity index (χ0n) is 13.6. The number of primary amides is 1. The number of hydrogen-bond acceptors (Lipinski definition) is 6. The zero-order valence-corrected chi connectivity index (χ0v) is 13.6. The predicted octanol–water partition coefficient (Wildman–Crippen LogP) is 1.01. The Labute approximate surface area is 142 Å². The molecular formula is C17H15N5O3. The molecule has 25 heavy (non-hydrogen) atoms. The molecule has 0 aliphatic rings. The summed E-state index contributed by atoms with van der Waals surface area (Å²) in [6.45, 7) is 0. The fourth-order valence-electron chi connectivity index (χ4n) is 2.43. The molecule has 3 rings (SSSR count). The van der Waals surface area contributed by atoms with Crippen LogP contribution in [0.15, 0.2) is 47.4 Å². The summed E-state index contributed by atoms with van der Waals surface area (Å²) in [6, 6.07) is 10.2. The second-order valence-electron chi connectivity index (χ2n) is 5.22. The van der Waals surface area contributed by atoms with E-state index in [0.29, 0.717) is 17.0 Å². The highest BCUT2D eigenvalue weighted by molar-refractivity contribution is 5.98. The highest BCUT2D eigenvalue weighted by atomic mass is 16.5. The monoisotopic (exact) mass is 337 g/mol. The molecule has 1 amide bonds. The zero-order chi connectivity index (χ0) is 18.0. The quantitative estimate of drug-likeness (QED) is 0.760. The molecule has 0 bridgehead atoms. The molecule has 0 unspecified atom stereocenters. The molecule has 0 saturated carbocycles. The van der Waals surface area contributed by atoms with E-state index in [-0.39, 0.29) is 17.1 Å². The Bertz CT molecular complexity index is 982. The lowest BCUT2D eigenvalue weighted by Crippen LogP contribution is -2.31. The smallest absolute Gasteiger partial charge is 0.267 e. The lowest BCUT2D eigenvalue weighted by atomic mass is 10.1. The van der Waals surface area contributed by atoms with Crippen LogP contribution in [0.25, 0.3) is 22.8 Å². The van der Waals surface area contributed by atoms with Crippen LogP contribution in [0, 0.1) is 0 Å². The highest BCUT2D eigenvalue weighted by Crippen LogP contribution is 2.24. The Morgan fingerprint density at radius 3 is 2.48 bits per heavy atom. The highest BCUT2D eigenvalue weighted by Gasteiger charge is 2.21. The maximum Gasteiger partial charge on any atom is 0.267 e. The van der Waals surface area contributed by atoms with Gasteiger partial charge in [0.05, 0.1) is 12.8 Å². The topological polar surface area (TPSA) is 113 Å². The molecule has 126 valence electrons. The van der Waals surface area contributed by atoms with Gasteiger partial charge in [0, 0.05) is 18.8 Å². The van der Waals surface area contributed by atoms with Crippen LogP contribution in [-0.4, -0.2) is 32.8 Å². The van der Waals surface area contributed by atoms with E-state index in [1.807, 2.05) is 0 Å². The fraction of sp³-hybridized carbons (Fsp3) is 0.118. The number of carbonyl (C=O) groups excluding carboxylic acids is 1. The van der Waals surface area contributed by atoms with E-state index in [9.17, 15) is 9.59 Å². The van der Waals surface area contributed by atoms with Gasteiger partial charge in [0.25, 0.3) is 11.5 Å². The van der Waals surface area contributed by atoms with Crippen molar-refractivity contribution in [2.75, 3.05) is 7.11 Å². The van der Waals surface area contributed by atoms with Gasteiger partial charge in [0.15, 0.2) is 5.82 Å². The SMILES string of the molecule is COc1ccc(-c2nc(-c3cccnn3)n(C)c(=O)c2C(N)=O)cc1. The van der Waals surface area contributed by atoms with Crippen LogP contribution in [0.3, 0.4) is 0 Å². The number of nitrogens with two attached hydrogens (primary N) is 1. The van der Waals surface area contributed by atoms with E-state index in [1.54, 1.807) is 43.5 Å². The van der Waals surface area contributed by atoms with Gasteiger partial charge >= 0.3 is 0 Å². The number of methoxy groups -OCH3 is 1. The van der Waals surface area contributed by atoms with Gasteiger partial charge in [-0.2, -0.15) is 5.10 Å². The Hall–Kier alpha value is -3.55. The second-order valence-corrected chi connectivity index (χ2v) is 5.22. The number of benzene rings is 1. The molecule has 1 aromatic carbocycles. The van der Waals surface area contributed by atoms with Gasteiger partial charge in [-0.1, -0.05) is 0 Å². The summed E-state index contributed by atoms with van der Waals surface area (Å²) in [5.74, 6) is 0.0842. The molecule has 8 nitrogen and oxygen atoms in total. The molecule has 8 heteroatoms. The minimum Gasteiger partial charge on any atom is -0.497 e. The summed E-state index contributed by atoms with van der Waals surface area (Å²) in [7, 11) is 3.05. The van der Waals surface area contributed by atoms with Crippen molar-refractivity contribution in [2.45, 2.75) is 0 Å². The van der Waals surface area contributed by atoms with Crippen LogP contribution in [0.5, 0.6) is 5.75 Å². The Morgan fingerprint density at radius 1 is 1.20 bits per heavy atom. The van der Waals surface area contributed by atoms with Crippen molar-refractivity contribution in [3.8, 4) is 28.5 Å². The first-order valence-electron chi connectivity index (χ1n) is 7.36. The van der Waals surface area contributed by atoms with Gasteiger partial charge in [0.2, 0.25) is 0 Å². The predicted molar refractivity (Wildman–Crippen MR) is 91.0 cm³/mol. The van der Waals surface area contributed by atoms with E-state index in [0.717, 1.165) is 0 Å². The van der Waals surface area contributed by atoms with Crippen LogP contribution < -0.4 is 16.0 Å². The molecule has 2 N–H and O–H groups in total. The lowest BCUT2D eigenvalue weighted by molar-refractivity contribution is 0.0998. The van der Waals surface area contributed by atoms with Gasteiger partial charge in [-0.15, -0.1) is 5.10 Å². The first-order chi connectivity index (χ1) is 12.0. The summed E-state index contributed by atoms with van der Waals surface area (Å²) < 4.78 is 6.36. The summed E-state index contributed by atoms with van der Waals surface area (Å²) in [5.41, 5.74) is 5.86. The normalized spacial score (nSPS) is 10.5. The molecular weight excluding hydrogens is 322 g/mol. The molecule has 2 heterocycles. The Kier molecular flexibility index (Phi) is 4.25. The lowest BCUT2D eigenvalue weighted by Gasteiger charge is -2.12. The fourth-order valence-corrected chi connectivity index (χ4v) is 2.43. The van der Waals surface area contributed by atoms with Gasteiger partial charge in [-0.3, -0.25) is 14.2 Å². The number of aromatic nitrogens is 4. The van der Waals surface area contributed by atoms with Crippen LogP contribution in [0.4, 0.5) is 0 Å². The third-order valence-corrected chi connectivity index (χ3v) is 3.70. The van der Waals surface area contributed by atoms with Crippen molar-refractivity contribution in [3.05, 3.63) is 58.5 Å². The van der Waals surface area contributed by atoms with Gasteiger partial charge < -0.3 is 10.5 Å². The van der Waals surface area contributed by atoms with E-state index < -0.39 is 11.5 Å². The van der Waals surface area contributed by atoms with Crippen molar-refractivity contribution in [2.24, 2.45) is 12.8 Å². The van der Waals surface area contributed by atoms with Crippen LogP contribution in [0.1, 0.15) is 10.4 Å². The Balaban J connectivity index is 2.30. The van der Waals surface area contributed by atoms with E-state index in [1.165, 1.54) is 17.8 Å². The number of rotatable bonds is 4. The molecule has 0 radical (unpaired) electrons. The van der Waals surface area contributed by atoms with Gasteiger partial charge in [-0.05, 0) is 36.4 Å². The third-order valence-electron chi connectivity index (χ3n) is 3.70. The van der Waals surface area contributed by atoms with Crippen molar-refractivity contribution in [1.29, 1.82) is 0 Å². The summed E-state index contributed by atoms with van der Waals surface area (Å²) >= 11 is 0. The average molecular weight is 337 g/mol. The van der Waals surface area contributed by atoms with Crippen LogP contribution in [0.2, 0.25) is 0 Å². The van der Waals surface area contributed by atoms with Crippen molar-refractivity contribution in [1.82, 2.24) is 19.7 Å². The summed E-state index contributed by atoms with van der Waals surface area (Å²) in [5, 5.41) is 7.78. The molecule has 0 aliphatic carbocycles. The number of ether oxygens (including phenoxy) is 1. The minimum absolute atomic E-state index is 0.180. The van der Waals surface area contributed by atoms with E-state index in [4.69, 9.17) is 10.5 Å². The largest absolute Gasteiger partial charge is 0.497 e. The van der Waals surface area contributed by atoms with Crippen LogP contribution >= 0.6 is 0 Å². The van der Waals surface area contributed by atoms with Gasteiger partial charge in [0.1, 0.15) is 17.0 Å². The first kappa shape index (κ1) is 16.3. The number of hydrogen-bond donors (Lipinski definition) is 1. The number of amides is 1. The van der Waals surface area contributed by atoms with E-state index >= 15 is 0 Å². The van der Waals surface area contributed by atoms with Crippen molar-refractivity contribution in [3.63, 3.8) is 0 Å². The molecule has 0 atom stereocenters. The molecule has 0 spiro atoms. The molecule has 2 aromatic heterocycles. The number of carbonyl (C=O) groups is 1. The van der Waals surface area contributed by atoms with Gasteiger partial charge in [-0.25, -0.2) is 4.98 Å². The third kappa shape index (κ3) is 2.97. The maximum atomic E-state index is 12.7. The van der Waals surface area contributed by atoms with Crippen molar-refractivity contribution < 1.29 is 9.53 Å².